The maximum absolute atomic E-state index is 11.3. The van der Waals surface area contributed by atoms with E-state index in [9.17, 15) is 5.11 Å². The SMILES string of the molecule is CCC1CCCCC1(O)C1(CN)CCCCC1. The predicted molar refractivity (Wildman–Crippen MR) is 71.8 cm³/mol. The van der Waals surface area contributed by atoms with Gasteiger partial charge in [0.05, 0.1) is 5.60 Å². The standard InChI is InChI=1S/C15H29NO/c1-2-13-8-4-7-11-15(13,17)14(12-16)9-5-3-6-10-14/h13,17H,2-12,16H2,1H3. The number of hydrogen-bond donors (Lipinski definition) is 2. The fourth-order valence-electron chi connectivity index (χ4n) is 4.51. The van der Waals surface area contributed by atoms with Gasteiger partial charge < -0.3 is 10.8 Å². The first-order valence-electron chi connectivity index (χ1n) is 7.61. The van der Waals surface area contributed by atoms with Gasteiger partial charge in [0.25, 0.3) is 0 Å². The third-order valence-electron chi connectivity index (χ3n) is 5.65. The van der Waals surface area contributed by atoms with Crippen molar-refractivity contribution in [2.24, 2.45) is 17.1 Å². The first-order valence-corrected chi connectivity index (χ1v) is 7.61. The highest BCUT2D eigenvalue weighted by Gasteiger charge is 2.53. The summed E-state index contributed by atoms with van der Waals surface area (Å²) in [6.07, 6.45) is 11.9. The van der Waals surface area contributed by atoms with Crippen LogP contribution in [0.1, 0.15) is 71.1 Å². The molecule has 0 aromatic rings. The van der Waals surface area contributed by atoms with Crippen LogP contribution in [-0.4, -0.2) is 17.3 Å². The molecular formula is C15H29NO. The fraction of sp³-hybridized carbons (Fsp3) is 1.00. The second-order valence-electron chi connectivity index (χ2n) is 6.32. The van der Waals surface area contributed by atoms with Crippen LogP contribution >= 0.6 is 0 Å². The summed E-state index contributed by atoms with van der Waals surface area (Å²) < 4.78 is 0. The van der Waals surface area contributed by atoms with Gasteiger partial charge in [-0.25, -0.2) is 0 Å². The highest BCUT2D eigenvalue weighted by Crippen LogP contribution is 2.53. The highest BCUT2D eigenvalue weighted by atomic mass is 16.3. The lowest BCUT2D eigenvalue weighted by atomic mass is 9.55. The lowest BCUT2D eigenvalue weighted by molar-refractivity contribution is -0.158. The molecule has 2 unspecified atom stereocenters. The van der Waals surface area contributed by atoms with Crippen molar-refractivity contribution in [3.63, 3.8) is 0 Å². The molecule has 100 valence electrons. The molecule has 2 rings (SSSR count). The first-order chi connectivity index (χ1) is 8.18. The molecule has 0 amide bonds. The van der Waals surface area contributed by atoms with Crippen LogP contribution in [0.15, 0.2) is 0 Å². The van der Waals surface area contributed by atoms with Crippen molar-refractivity contribution >= 4 is 0 Å². The fourth-order valence-corrected chi connectivity index (χ4v) is 4.51. The lowest BCUT2D eigenvalue weighted by Gasteiger charge is -2.55. The summed E-state index contributed by atoms with van der Waals surface area (Å²) in [4.78, 5) is 0. The van der Waals surface area contributed by atoms with Crippen LogP contribution in [0.4, 0.5) is 0 Å². The van der Waals surface area contributed by atoms with Gasteiger partial charge in [0.1, 0.15) is 0 Å². The smallest absolute Gasteiger partial charge is 0.0743 e. The van der Waals surface area contributed by atoms with Crippen LogP contribution in [-0.2, 0) is 0 Å². The van der Waals surface area contributed by atoms with E-state index in [0.717, 1.165) is 25.7 Å². The Morgan fingerprint density at radius 1 is 1.06 bits per heavy atom. The molecule has 0 heterocycles. The summed E-state index contributed by atoms with van der Waals surface area (Å²) in [6.45, 7) is 2.91. The Morgan fingerprint density at radius 3 is 2.29 bits per heavy atom. The molecule has 0 aliphatic heterocycles. The van der Waals surface area contributed by atoms with Crippen LogP contribution in [0.5, 0.6) is 0 Å². The molecule has 2 heteroatoms. The molecule has 0 saturated heterocycles. The normalized spacial score (nSPS) is 37.9. The zero-order valence-electron chi connectivity index (χ0n) is 11.4. The Balaban J connectivity index is 2.25. The van der Waals surface area contributed by atoms with Crippen molar-refractivity contribution in [2.75, 3.05) is 6.54 Å². The van der Waals surface area contributed by atoms with Crippen molar-refractivity contribution in [1.29, 1.82) is 0 Å². The van der Waals surface area contributed by atoms with Gasteiger partial charge in [0, 0.05) is 12.0 Å². The largest absolute Gasteiger partial charge is 0.389 e. The highest BCUT2D eigenvalue weighted by molar-refractivity contribution is 5.05. The van der Waals surface area contributed by atoms with Gasteiger partial charge in [-0.05, 0) is 31.6 Å². The minimum absolute atomic E-state index is 0.0341. The minimum atomic E-state index is -0.463. The number of hydrogen-bond acceptors (Lipinski definition) is 2. The number of rotatable bonds is 3. The van der Waals surface area contributed by atoms with Gasteiger partial charge in [0.2, 0.25) is 0 Å². The van der Waals surface area contributed by atoms with Crippen LogP contribution < -0.4 is 5.73 Å². The summed E-state index contributed by atoms with van der Waals surface area (Å²) in [7, 11) is 0. The van der Waals surface area contributed by atoms with Gasteiger partial charge in [-0.1, -0.05) is 45.4 Å². The maximum Gasteiger partial charge on any atom is 0.0743 e. The van der Waals surface area contributed by atoms with E-state index in [-0.39, 0.29) is 5.41 Å². The third kappa shape index (κ3) is 2.15. The molecule has 2 aliphatic rings. The van der Waals surface area contributed by atoms with Crippen molar-refractivity contribution in [1.82, 2.24) is 0 Å². The molecule has 2 atom stereocenters. The van der Waals surface area contributed by atoms with Gasteiger partial charge in [0.15, 0.2) is 0 Å². The Labute approximate surface area is 106 Å². The van der Waals surface area contributed by atoms with E-state index < -0.39 is 5.60 Å². The van der Waals surface area contributed by atoms with Crippen molar-refractivity contribution in [3.8, 4) is 0 Å². The van der Waals surface area contributed by atoms with Crippen molar-refractivity contribution in [3.05, 3.63) is 0 Å². The van der Waals surface area contributed by atoms with Gasteiger partial charge in [-0.15, -0.1) is 0 Å². The Kier molecular flexibility index (Phi) is 4.14. The molecule has 2 nitrogen and oxygen atoms in total. The first kappa shape index (κ1) is 13.4. The Hall–Kier alpha value is -0.0800. The van der Waals surface area contributed by atoms with Crippen LogP contribution in [0, 0.1) is 11.3 Å². The topological polar surface area (TPSA) is 46.2 Å². The van der Waals surface area contributed by atoms with Crippen molar-refractivity contribution in [2.45, 2.75) is 76.7 Å². The van der Waals surface area contributed by atoms with E-state index in [1.165, 1.54) is 38.5 Å². The number of aliphatic hydroxyl groups is 1. The molecule has 17 heavy (non-hydrogen) atoms. The second-order valence-corrected chi connectivity index (χ2v) is 6.32. The molecule has 2 fully saturated rings. The molecule has 3 N–H and O–H groups in total. The van der Waals surface area contributed by atoms with E-state index in [4.69, 9.17) is 5.73 Å². The van der Waals surface area contributed by atoms with Crippen LogP contribution in [0.25, 0.3) is 0 Å². The average molecular weight is 239 g/mol. The van der Waals surface area contributed by atoms with E-state index in [0.29, 0.717) is 12.5 Å². The van der Waals surface area contributed by atoms with E-state index in [2.05, 4.69) is 6.92 Å². The molecule has 0 aromatic carbocycles. The Morgan fingerprint density at radius 2 is 1.71 bits per heavy atom. The predicted octanol–water partition coefficient (Wildman–Crippen LogP) is 3.23. The average Bonchev–Trinajstić information content (AvgIpc) is 2.40. The third-order valence-corrected chi connectivity index (χ3v) is 5.65. The maximum atomic E-state index is 11.3. The summed E-state index contributed by atoms with van der Waals surface area (Å²) >= 11 is 0. The molecule has 0 aromatic heterocycles. The molecule has 2 saturated carbocycles. The van der Waals surface area contributed by atoms with Gasteiger partial charge >= 0.3 is 0 Å². The van der Waals surface area contributed by atoms with E-state index in [1.807, 2.05) is 0 Å². The molecule has 0 spiro atoms. The van der Waals surface area contributed by atoms with Crippen molar-refractivity contribution < 1.29 is 5.11 Å². The molecular weight excluding hydrogens is 210 g/mol. The van der Waals surface area contributed by atoms with Gasteiger partial charge in [-0.2, -0.15) is 0 Å². The zero-order valence-corrected chi connectivity index (χ0v) is 11.4. The quantitative estimate of drug-likeness (QED) is 0.794. The molecule has 2 aliphatic carbocycles. The Bertz CT molecular complexity index is 247. The van der Waals surface area contributed by atoms with Gasteiger partial charge in [-0.3, -0.25) is 0 Å². The summed E-state index contributed by atoms with van der Waals surface area (Å²) in [5.41, 5.74) is 5.68. The second kappa shape index (κ2) is 5.27. The summed E-state index contributed by atoms with van der Waals surface area (Å²) in [5.74, 6) is 0.484. The summed E-state index contributed by atoms with van der Waals surface area (Å²) in [6, 6.07) is 0. The zero-order chi connectivity index (χ0) is 12.4. The number of nitrogens with two attached hydrogens (primary N) is 1. The summed E-state index contributed by atoms with van der Waals surface area (Å²) in [5, 5.41) is 11.3. The van der Waals surface area contributed by atoms with Crippen LogP contribution in [0.2, 0.25) is 0 Å². The monoisotopic (exact) mass is 239 g/mol. The van der Waals surface area contributed by atoms with E-state index in [1.54, 1.807) is 0 Å². The van der Waals surface area contributed by atoms with E-state index >= 15 is 0 Å². The molecule has 0 bridgehead atoms. The molecule has 0 radical (unpaired) electrons. The lowest BCUT2D eigenvalue weighted by Crippen LogP contribution is -2.58. The van der Waals surface area contributed by atoms with Crippen LogP contribution in [0.3, 0.4) is 0 Å². The minimum Gasteiger partial charge on any atom is -0.389 e.